The zero-order valence-corrected chi connectivity index (χ0v) is 16.8. The number of nitrogens with two attached hydrogens (primary N) is 1. The van der Waals surface area contributed by atoms with Crippen LogP contribution in [0.1, 0.15) is 33.1 Å². The van der Waals surface area contributed by atoms with Gasteiger partial charge >= 0.3 is 0 Å². The Hall–Kier alpha value is -2.53. The predicted molar refractivity (Wildman–Crippen MR) is 103 cm³/mol. The van der Waals surface area contributed by atoms with Crippen molar-refractivity contribution >= 4 is 29.9 Å². The molecule has 0 aromatic heterocycles. The van der Waals surface area contributed by atoms with Gasteiger partial charge in [-0.2, -0.15) is 0 Å². The third-order valence-corrected chi connectivity index (χ3v) is 4.93. The summed E-state index contributed by atoms with van der Waals surface area (Å²) in [5.41, 5.74) is 5.39. The fourth-order valence-electron chi connectivity index (χ4n) is 3.04. The summed E-state index contributed by atoms with van der Waals surface area (Å²) in [6.07, 6.45) is 3.20. The van der Waals surface area contributed by atoms with Crippen molar-refractivity contribution in [3.05, 3.63) is 0 Å². The number of carbonyl (C=O) groups is 4. The van der Waals surface area contributed by atoms with Gasteiger partial charge in [0.2, 0.25) is 29.9 Å². The largest absolute Gasteiger partial charge is 0.394 e. The van der Waals surface area contributed by atoms with Crippen LogP contribution in [-0.2, 0) is 24.0 Å². The lowest BCUT2D eigenvalue weighted by Gasteiger charge is -2.28. The molecule has 163 valence electrons. The van der Waals surface area contributed by atoms with Gasteiger partial charge in [0.1, 0.15) is 18.1 Å². The van der Waals surface area contributed by atoms with Crippen molar-refractivity contribution < 1.29 is 29.1 Å². The molecule has 1 radical (unpaired) electrons. The van der Waals surface area contributed by atoms with Gasteiger partial charge < -0.3 is 31.7 Å². The van der Waals surface area contributed by atoms with Crippen molar-refractivity contribution in [2.45, 2.75) is 51.2 Å². The minimum Gasteiger partial charge on any atom is -0.394 e. The lowest BCUT2D eigenvalue weighted by Crippen LogP contribution is -2.56. The van der Waals surface area contributed by atoms with E-state index < -0.39 is 49.0 Å². The number of hydrogen-bond acceptors (Lipinski definition) is 7. The van der Waals surface area contributed by atoms with Crippen LogP contribution in [0.3, 0.4) is 0 Å². The zero-order chi connectivity index (χ0) is 22.0. The molecular formula is C18H30N5O6. The second-order valence-corrected chi connectivity index (χ2v) is 6.96. The second kappa shape index (κ2) is 12.1. The molecule has 0 unspecified atom stereocenters. The lowest BCUT2D eigenvalue weighted by molar-refractivity contribution is -0.139. The van der Waals surface area contributed by atoms with E-state index >= 15 is 0 Å². The van der Waals surface area contributed by atoms with Gasteiger partial charge in [0.15, 0.2) is 0 Å². The molecule has 4 amide bonds. The molecule has 11 nitrogen and oxygen atoms in total. The van der Waals surface area contributed by atoms with Gasteiger partial charge in [-0.05, 0) is 18.8 Å². The molecule has 1 saturated heterocycles. The number of nitrogens with zero attached hydrogens (tertiary/aromatic N) is 1. The first kappa shape index (κ1) is 24.5. The predicted octanol–water partition coefficient (Wildman–Crippen LogP) is -2.83. The highest BCUT2D eigenvalue weighted by Gasteiger charge is 2.36. The fraction of sp³-hybridized carbons (Fsp3) is 0.722. The van der Waals surface area contributed by atoms with Crippen molar-refractivity contribution in [1.82, 2.24) is 20.9 Å². The lowest BCUT2D eigenvalue weighted by atomic mass is 9.97. The van der Waals surface area contributed by atoms with Gasteiger partial charge in [-0.1, -0.05) is 20.3 Å². The molecule has 1 aliphatic heterocycles. The van der Waals surface area contributed by atoms with Gasteiger partial charge in [0.25, 0.3) is 0 Å². The number of aliphatic hydroxyl groups is 1. The molecule has 11 heteroatoms. The first-order valence-corrected chi connectivity index (χ1v) is 9.64. The van der Waals surface area contributed by atoms with Crippen molar-refractivity contribution in [2.75, 3.05) is 26.2 Å². The molecule has 1 heterocycles. The molecule has 4 atom stereocenters. The number of hydrogen-bond donors (Lipinski definition) is 5. The first-order chi connectivity index (χ1) is 13.8. The minimum atomic E-state index is -1.17. The van der Waals surface area contributed by atoms with Crippen LogP contribution in [0, 0.1) is 5.92 Å². The molecule has 6 N–H and O–H groups in total. The molecule has 29 heavy (non-hydrogen) atoms. The summed E-state index contributed by atoms with van der Waals surface area (Å²) in [6, 6.07) is -2.75. The van der Waals surface area contributed by atoms with Gasteiger partial charge in [0, 0.05) is 6.54 Å². The van der Waals surface area contributed by atoms with Crippen LogP contribution in [0.25, 0.3) is 0 Å². The average Bonchev–Trinajstić information content (AvgIpc) is 3.22. The molecule has 0 aromatic carbocycles. The van der Waals surface area contributed by atoms with E-state index in [4.69, 9.17) is 10.8 Å². The smallest absolute Gasteiger partial charge is 0.243 e. The van der Waals surface area contributed by atoms with Crippen LogP contribution in [0.5, 0.6) is 0 Å². The maximum atomic E-state index is 12.7. The summed E-state index contributed by atoms with van der Waals surface area (Å²) in [4.78, 5) is 60.9. The first-order valence-electron chi connectivity index (χ1n) is 9.64. The topological polar surface area (TPSA) is 171 Å². The Bertz CT molecular complexity index is 614. The number of likely N-dealkylation sites (tertiary alicyclic amines) is 1. The van der Waals surface area contributed by atoms with Crippen LogP contribution in [-0.4, -0.2) is 84.3 Å². The molecule has 0 aliphatic carbocycles. The Morgan fingerprint density at radius 1 is 1.28 bits per heavy atom. The van der Waals surface area contributed by atoms with E-state index in [1.54, 1.807) is 6.92 Å². The highest BCUT2D eigenvalue weighted by Crippen LogP contribution is 2.18. The molecule has 0 bridgehead atoms. The van der Waals surface area contributed by atoms with Crippen molar-refractivity contribution in [2.24, 2.45) is 11.7 Å². The van der Waals surface area contributed by atoms with E-state index in [1.165, 1.54) is 11.2 Å². The summed E-state index contributed by atoms with van der Waals surface area (Å²) < 4.78 is 0. The molecule has 0 aromatic rings. The van der Waals surface area contributed by atoms with E-state index in [9.17, 15) is 24.0 Å². The number of carbonyl (C=O) groups excluding carboxylic acids is 5. The molecule has 0 spiro atoms. The van der Waals surface area contributed by atoms with Crippen LogP contribution in [0.4, 0.5) is 0 Å². The summed E-state index contributed by atoms with van der Waals surface area (Å²) in [5.74, 6) is -2.23. The highest BCUT2D eigenvalue weighted by molar-refractivity contribution is 5.94. The summed E-state index contributed by atoms with van der Waals surface area (Å²) in [5, 5.41) is 16.2. The number of amides is 4. The van der Waals surface area contributed by atoms with Crippen LogP contribution >= 0.6 is 0 Å². The third-order valence-electron chi connectivity index (χ3n) is 4.93. The van der Waals surface area contributed by atoms with Crippen molar-refractivity contribution in [3.8, 4) is 0 Å². The Labute approximate surface area is 169 Å². The molecule has 1 aliphatic rings. The second-order valence-electron chi connectivity index (χ2n) is 6.96. The van der Waals surface area contributed by atoms with E-state index in [-0.39, 0.29) is 18.4 Å². The Morgan fingerprint density at radius 2 is 1.97 bits per heavy atom. The van der Waals surface area contributed by atoms with Crippen molar-refractivity contribution in [1.29, 1.82) is 0 Å². The van der Waals surface area contributed by atoms with Gasteiger partial charge in [-0.15, -0.1) is 0 Å². The summed E-state index contributed by atoms with van der Waals surface area (Å²) in [7, 11) is 0. The van der Waals surface area contributed by atoms with Crippen molar-refractivity contribution in [3.63, 3.8) is 0 Å². The molecule has 1 fully saturated rings. The quantitative estimate of drug-likeness (QED) is 0.243. The van der Waals surface area contributed by atoms with E-state index in [0.29, 0.717) is 25.8 Å². The van der Waals surface area contributed by atoms with E-state index in [0.717, 1.165) is 0 Å². The molecule has 1 rings (SSSR count). The SMILES string of the molecule is CC[C@H](C)[C@H](NC(=O)[C@@H]1CCCN1C(=O)CN)C(=O)NCC(=O)N[C@H]([C]=O)CO. The summed E-state index contributed by atoms with van der Waals surface area (Å²) >= 11 is 0. The average molecular weight is 412 g/mol. The normalized spacial score (nSPS) is 19.0. The van der Waals surface area contributed by atoms with Gasteiger partial charge in [0.05, 0.1) is 19.7 Å². The zero-order valence-electron chi connectivity index (χ0n) is 16.8. The number of aliphatic hydroxyl groups excluding tert-OH is 1. The maximum Gasteiger partial charge on any atom is 0.243 e. The van der Waals surface area contributed by atoms with Gasteiger partial charge in [-0.25, -0.2) is 0 Å². The molecule has 0 saturated carbocycles. The maximum absolute atomic E-state index is 12.7. The number of nitrogens with one attached hydrogen (secondary N) is 3. The highest BCUT2D eigenvalue weighted by atomic mass is 16.3. The standard InChI is InChI=1S/C18H30N5O6/c1-3-11(2)16(18(29)20-8-14(26)21-12(9-24)10-25)22-17(28)13-5-4-6-23(13)15(27)7-19/h11-13,16,24H,3-9,19H2,1-2H3,(H,20,29)(H,21,26)(H,22,28)/t11-,12-,13-,16-/m0/s1. The van der Waals surface area contributed by atoms with Gasteiger partial charge in [-0.3, -0.25) is 24.0 Å². The fourth-order valence-corrected chi connectivity index (χ4v) is 3.04. The van der Waals surface area contributed by atoms with Crippen LogP contribution < -0.4 is 21.7 Å². The third kappa shape index (κ3) is 7.09. The van der Waals surface area contributed by atoms with E-state index in [1.807, 2.05) is 6.92 Å². The van der Waals surface area contributed by atoms with Crippen LogP contribution in [0.15, 0.2) is 0 Å². The monoisotopic (exact) mass is 412 g/mol. The van der Waals surface area contributed by atoms with Crippen LogP contribution in [0.2, 0.25) is 0 Å². The molecular weight excluding hydrogens is 382 g/mol. The minimum absolute atomic E-state index is 0.193. The number of rotatable bonds is 11. The Kier molecular flexibility index (Phi) is 10.2. The Morgan fingerprint density at radius 3 is 2.52 bits per heavy atom. The van der Waals surface area contributed by atoms with E-state index in [2.05, 4.69) is 16.0 Å². The Balaban J connectivity index is 2.72. The summed E-state index contributed by atoms with van der Waals surface area (Å²) in [6.45, 7) is 2.85.